The lowest BCUT2D eigenvalue weighted by Gasteiger charge is -2.15. The van der Waals surface area contributed by atoms with Gasteiger partial charge in [-0.1, -0.05) is 64.0 Å². The maximum Gasteiger partial charge on any atom is 0.0168 e. The normalized spacial score (nSPS) is 16.9. The number of unbranched alkanes of at least 4 members (excludes halogenated alkanes) is 1. The van der Waals surface area contributed by atoms with Gasteiger partial charge in [-0.15, -0.1) is 0 Å². The Bertz CT molecular complexity index is 273. The van der Waals surface area contributed by atoms with Crippen LogP contribution in [0, 0.1) is 5.92 Å². The molecule has 19 heavy (non-hydrogen) atoms. The van der Waals surface area contributed by atoms with Gasteiger partial charge in [-0.25, -0.2) is 0 Å². The molecule has 1 aliphatic carbocycles. The van der Waals surface area contributed by atoms with Crippen LogP contribution in [-0.4, -0.2) is 18.5 Å². The summed E-state index contributed by atoms with van der Waals surface area (Å²) < 4.78 is 0. The number of nitrogens with zero attached hydrogens (tertiary/aromatic N) is 1. The van der Waals surface area contributed by atoms with Gasteiger partial charge in [0.05, 0.1) is 0 Å². The first-order valence-corrected chi connectivity index (χ1v) is 7.68. The summed E-state index contributed by atoms with van der Waals surface area (Å²) in [5, 5.41) is 0. The molecular formula is C18H35N. The second-order valence-electron chi connectivity index (χ2n) is 5.05. The van der Waals surface area contributed by atoms with Gasteiger partial charge in [-0.2, -0.15) is 0 Å². The Morgan fingerprint density at radius 3 is 2.26 bits per heavy atom. The molecule has 0 radical (unpaired) electrons. The third kappa shape index (κ3) is 11.8. The summed E-state index contributed by atoms with van der Waals surface area (Å²) in [6.45, 7) is 17.6. The van der Waals surface area contributed by atoms with E-state index in [2.05, 4.69) is 51.3 Å². The number of rotatable bonds is 4. The predicted octanol–water partition coefficient (Wildman–Crippen LogP) is 5.81. The topological polar surface area (TPSA) is 3.24 Å². The summed E-state index contributed by atoms with van der Waals surface area (Å²) in [7, 11) is 2.04. The van der Waals surface area contributed by atoms with Crippen molar-refractivity contribution in [3.05, 3.63) is 36.1 Å². The number of hydrogen-bond donors (Lipinski definition) is 0. The van der Waals surface area contributed by atoms with Crippen LogP contribution in [0.3, 0.4) is 0 Å². The van der Waals surface area contributed by atoms with Gasteiger partial charge in [0, 0.05) is 13.6 Å². The Hall–Kier alpha value is -0.980. The molecule has 1 unspecified atom stereocenters. The van der Waals surface area contributed by atoms with Crippen LogP contribution in [0.5, 0.6) is 0 Å². The minimum absolute atomic E-state index is 0.773. The summed E-state index contributed by atoms with van der Waals surface area (Å²) in [6, 6.07) is 0. The van der Waals surface area contributed by atoms with Gasteiger partial charge in [0.15, 0.2) is 0 Å². The second-order valence-corrected chi connectivity index (χ2v) is 5.05. The summed E-state index contributed by atoms with van der Waals surface area (Å²) in [6.07, 6.45) is 10.1. The average molecular weight is 265 g/mol. The highest BCUT2D eigenvalue weighted by Crippen LogP contribution is 2.23. The van der Waals surface area contributed by atoms with Crippen molar-refractivity contribution in [3.8, 4) is 0 Å². The van der Waals surface area contributed by atoms with Gasteiger partial charge in [0.1, 0.15) is 0 Å². The van der Waals surface area contributed by atoms with Gasteiger partial charge in [0.2, 0.25) is 0 Å². The van der Waals surface area contributed by atoms with Gasteiger partial charge in [0.25, 0.3) is 0 Å². The zero-order chi connectivity index (χ0) is 15.3. The molecular weight excluding hydrogens is 230 g/mol. The highest BCUT2D eigenvalue weighted by atomic mass is 15.1. The first-order valence-electron chi connectivity index (χ1n) is 7.68. The van der Waals surface area contributed by atoms with Crippen molar-refractivity contribution in [1.82, 2.24) is 4.90 Å². The third-order valence-electron chi connectivity index (χ3n) is 3.21. The molecule has 0 aromatic rings. The lowest BCUT2D eigenvalue weighted by atomic mass is 9.90. The first kappa shape index (κ1) is 20.3. The predicted molar refractivity (Wildman–Crippen MR) is 90.4 cm³/mol. The second kappa shape index (κ2) is 13.5. The van der Waals surface area contributed by atoms with Crippen LogP contribution in [-0.2, 0) is 0 Å². The van der Waals surface area contributed by atoms with E-state index in [0.29, 0.717) is 0 Å². The van der Waals surface area contributed by atoms with Crippen LogP contribution >= 0.6 is 0 Å². The van der Waals surface area contributed by atoms with E-state index in [-0.39, 0.29) is 0 Å². The molecule has 0 fully saturated rings. The van der Waals surface area contributed by atoms with E-state index < -0.39 is 0 Å². The SMILES string of the molecule is C=CN(C)CCCC.CC.CC1=CC=C(C)C(C)C1. The molecule has 0 amide bonds. The monoisotopic (exact) mass is 265 g/mol. The average Bonchev–Trinajstić information content (AvgIpc) is 2.43. The standard InChI is InChI=1S/C9H14.C7H15N.C2H6/c1-7-4-5-8(2)9(3)6-7;1-4-6-7-8(3)5-2;1-2/h4-5,9H,6H2,1-3H3;5H,2,4,6-7H2,1,3H3;1-2H3. The molecule has 0 bridgehead atoms. The molecule has 0 spiro atoms. The summed E-state index contributed by atoms with van der Waals surface area (Å²) >= 11 is 0. The minimum Gasteiger partial charge on any atom is -0.381 e. The Morgan fingerprint density at radius 2 is 1.89 bits per heavy atom. The maximum atomic E-state index is 3.64. The lowest BCUT2D eigenvalue weighted by molar-refractivity contribution is 0.443. The van der Waals surface area contributed by atoms with Gasteiger partial charge >= 0.3 is 0 Å². The lowest BCUT2D eigenvalue weighted by Crippen LogP contribution is -2.10. The van der Waals surface area contributed by atoms with Crippen molar-refractivity contribution in [2.24, 2.45) is 5.92 Å². The quantitative estimate of drug-likeness (QED) is 0.620. The molecule has 1 nitrogen and oxygen atoms in total. The molecule has 1 heteroatoms. The molecule has 112 valence electrons. The fourth-order valence-electron chi connectivity index (χ4n) is 1.65. The number of hydrogen-bond acceptors (Lipinski definition) is 1. The Balaban J connectivity index is 0. The number of allylic oxidation sites excluding steroid dienone is 4. The minimum atomic E-state index is 0.773. The molecule has 0 aliphatic heterocycles. The van der Waals surface area contributed by atoms with Crippen LogP contribution in [0.1, 0.15) is 60.8 Å². The molecule has 1 aliphatic rings. The van der Waals surface area contributed by atoms with Crippen molar-refractivity contribution in [1.29, 1.82) is 0 Å². The fraction of sp³-hybridized carbons (Fsp3) is 0.667. The molecule has 0 N–H and O–H groups in total. The van der Waals surface area contributed by atoms with Crippen LogP contribution in [0.25, 0.3) is 0 Å². The molecule has 0 aromatic carbocycles. The van der Waals surface area contributed by atoms with Gasteiger partial charge < -0.3 is 4.90 Å². The van der Waals surface area contributed by atoms with Crippen LogP contribution in [0.4, 0.5) is 0 Å². The van der Waals surface area contributed by atoms with Crippen LogP contribution in [0.15, 0.2) is 36.1 Å². The Kier molecular flexibility index (Phi) is 14.4. The van der Waals surface area contributed by atoms with E-state index >= 15 is 0 Å². The van der Waals surface area contributed by atoms with Gasteiger partial charge in [-0.05, 0) is 38.8 Å². The van der Waals surface area contributed by atoms with E-state index in [0.717, 1.165) is 12.5 Å². The Morgan fingerprint density at radius 1 is 1.32 bits per heavy atom. The highest BCUT2D eigenvalue weighted by Gasteiger charge is 2.07. The van der Waals surface area contributed by atoms with E-state index in [1.165, 1.54) is 30.4 Å². The van der Waals surface area contributed by atoms with E-state index in [1.807, 2.05) is 27.1 Å². The summed E-state index contributed by atoms with van der Waals surface area (Å²) in [5.41, 5.74) is 3.02. The molecule has 0 saturated carbocycles. The maximum absolute atomic E-state index is 3.64. The molecule has 1 rings (SSSR count). The summed E-state index contributed by atoms with van der Waals surface area (Å²) in [4.78, 5) is 2.10. The molecule has 0 aromatic heterocycles. The molecule has 1 atom stereocenters. The summed E-state index contributed by atoms with van der Waals surface area (Å²) in [5.74, 6) is 0.773. The molecule has 0 saturated heterocycles. The van der Waals surface area contributed by atoms with Crippen molar-refractivity contribution >= 4 is 0 Å². The zero-order valence-electron chi connectivity index (χ0n) is 14.3. The van der Waals surface area contributed by atoms with Crippen LogP contribution in [0.2, 0.25) is 0 Å². The fourth-order valence-corrected chi connectivity index (χ4v) is 1.65. The van der Waals surface area contributed by atoms with Crippen molar-refractivity contribution in [3.63, 3.8) is 0 Å². The highest BCUT2D eigenvalue weighted by molar-refractivity contribution is 5.23. The smallest absolute Gasteiger partial charge is 0.0168 e. The molecule has 0 heterocycles. The van der Waals surface area contributed by atoms with Crippen molar-refractivity contribution in [2.75, 3.05) is 13.6 Å². The van der Waals surface area contributed by atoms with Crippen molar-refractivity contribution < 1.29 is 0 Å². The van der Waals surface area contributed by atoms with Crippen LogP contribution < -0.4 is 0 Å². The third-order valence-corrected chi connectivity index (χ3v) is 3.21. The van der Waals surface area contributed by atoms with E-state index in [4.69, 9.17) is 0 Å². The van der Waals surface area contributed by atoms with Gasteiger partial charge in [-0.3, -0.25) is 0 Å². The largest absolute Gasteiger partial charge is 0.381 e. The zero-order valence-corrected chi connectivity index (χ0v) is 14.3. The van der Waals surface area contributed by atoms with Crippen molar-refractivity contribution in [2.45, 2.75) is 60.8 Å². The van der Waals surface area contributed by atoms with E-state index in [9.17, 15) is 0 Å². The first-order chi connectivity index (χ1) is 9.01. The Labute approximate surface area is 122 Å². The van der Waals surface area contributed by atoms with E-state index in [1.54, 1.807) is 0 Å².